The lowest BCUT2D eigenvalue weighted by Gasteiger charge is -2.12. The van der Waals surface area contributed by atoms with Gasteiger partial charge in [0.2, 0.25) is 11.9 Å². The molecule has 5 rings (SSSR count). The summed E-state index contributed by atoms with van der Waals surface area (Å²) < 4.78 is 72.6. The Balaban J connectivity index is 1.44. The number of sulfonamides is 1. The van der Waals surface area contributed by atoms with Crippen molar-refractivity contribution in [1.82, 2.24) is 20.4 Å². The normalized spacial score (nSPS) is 11.3. The molecule has 47 heavy (non-hydrogen) atoms. The van der Waals surface area contributed by atoms with Crippen LogP contribution in [0.5, 0.6) is 0 Å². The molecule has 1 amide bonds. The largest absolute Gasteiger partial charge is 0.354 e. The summed E-state index contributed by atoms with van der Waals surface area (Å²) in [6.45, 7) is 0.555. The molecule has 0 aliphatic rings. The molecule has 0 bridgehead atoms. The maximum Gasteiger partial charge on any atom is 0.267 e. The number of rotatable bonds is 14. The van der Waals surface area contributed by atoms with E-state index in [2.05, 4.69) is 15.3 Å². The average Bonchev–Trinajstić information content (AvgIpc) is 3.51. The summed E-state index contributed by atoms with van der Waals surface area (Å²) in [7, 11) is -4.84. The van der Waals surface area contributed by atoms with Crippen molar-refractivity contribution in [2.75, 3.05) is 16.6 Å². The lowest BCUT2D eigenvalue weighted by molar-refractivity contribution is -0.129. The van der Waals surface area contributed by atoms with Crippen LogP contribution in [-0.2, 0) is 14.8 Å². The number of hydrogen-bond donors (Lipinski definition) is 4. The van der Waals surface area contributed by atoms with Crippen LogP contribution in [0.1, 0.15) is 32.1 Å². The lowest BCUT2D eigenvalue weighted by Crippen LogP contribution is -2.17. The number of aromatic nitrogens is 3. The SMILES string of the molecule is O=C(CCCCCCNc1nccc(-c2sc(-c3ccccc3)nc2-c2cccc(NS(=O)(=O)c3c(F)cccc3F)c2F)n1)NO. The summed E-state index contributed by atoms with van der Waals surface area (Å²) in [5.41, 5.74) is 2.41. The highest BCUT2D eigenvalue weighted by molar-refractivity contribution is 7.92. The third kappa shape index (κ3) is 8.11. The van der Waals surface area contributed by atoms with Crippen LogP contribution in [0.4, 0.5) is 24.8 Å². The van der Waals surface area contributed by atoms with Gasteiger partial charge in [-0.15, -0.1) is 11.3 Å². The first-order valence-corrected chi connectivity index (χ1v) is 16.8. The first kappa shape index (κ1) is 33.5. The first-order valence-electron chi connectivity index (χ1n) is 14.5. The van der Waals surface area contributed by atoms with Crippen molar-refractivity contribution in [2.45, 2.75) is 37.0 Å². The molecule has 5 aromatic rings. The van der Waals surface area contributed by atoms with Gasteiger partial charge >= 0.3 is 0 Å². The Kier molecular flexibility index (Phi) is 10.8. The fraction of sp³-hybridized carbons (Fsp3) is 0.188. The maximum absolute atomic E-state index is 16.1. The Morgan fingerprint density at radius 2 is 1.57 bits per heavy atom. The van der Waals surface area contributed by atoms with E-state index in [0.29, 0.717) is 34.5 Å². The van der Waals surface area contributed by atoms with E-state index in [1.807, 2.05) is 35.1 Å². The molecule has 15 heteroatoms. The third-order valence-corrected chi connectivity index (χ3v) is 9.50. The second-order valence-electron chi connectivity index (χ2n) is 10.3. The number of benzene rings is 3. The quantitative estimate of drug-likeness (QED) is 0.0556. The molecule has 244 valence electrons. The Bertz CT molecular complexity index is 1960. The molecule has 0 spiro atoms. The van der Waals surface area contributed by atoms with Crippen molar-refractivity contribution in [3.8, 4) is 32.4 Å². The van der Waals surface area contributed by atoms with Gasteiger partial charge in [0.25, 0.3) is 10.0 Å². The van der Waals surface area contributed by atoms with E-state index in [9.17, 15) is 22.0 Å². The van der Waals surface area contributed by atoms with Gasteiger partial charge in [0, 0.05) is 30.3 Å². The standard InChI is InChI=1S/C32H29F3N6O4S2/c33-22-13-9-14-23(34)30(22)47(44,45)41-24-15-8-12-21(27(24)35)28-29(46-31(39-28)20-10-4-3-5-11-20)25-17-19-37-32(38-25)36-18-7-2-1-6-16-26(42)40-43/h3-5,8-15,17,19,41,43H,1-2,6-7,16,18H2,(H,40,42)(H,36,37,38). The third-order valence-electron chi connectivity index (χ3n) is 6.96. The van der Waals surface area contributed by atoms with E-state index in [1.54, 1.807) is 17.7 Å². The molecule has 0 unspecified atom stereocenters. The summed E-state index contributed by atoms with van der Waals surface area (Å²) in [6.07, 6.45) is 4.87. The van der Waals surface area contributed by atoms with Crippen molar-refractivity contribution in [1.29, 1.82) is 0 Å². The molecule has 0 aliphatic carbocycles. The zero-order valence-electron chi connectivity index (χ0n) is 24.7. The maximum atomic E-state index is 16.1. The van der Waals surface area contributed by atoms with Gasteiger partial charge in [0.05, 0.1) is 22.0 Å². The molecule has 0 atom stereocenters. The molecule has 10 nitrogen and oxygen atoms in total. The zero-order valence-corrected chi connectivity index (χ0v) is 26.3. The van der Waals surface area contributed by atoms with Gasteiger partial charge in [-0.25, -0.2) is 42.0 Å². The molecule has 4 N–H and O–H groups in total. The molecule has 0 fully saturated rings. The minimum Gasteiger partial charge on any atom is -0.354 e. The number of hydrogen-bond acceptors (Lipinski definition) is 9. The van der Waals surface area contributed by atoms with Gasteiger partial charge in [-0.1, -0.05) is 55.3 Å². The number of amides is 1. The van der Waals surface area contributed by atoms with E-state index in [0.717, 1.165) is 49.1 Å². The highest BCUT2D eigenvalue weighted by atomic mass is 32.2. The molecule has 0 saturated heterocycles. The number of halogens is 3. The number of anilines is 2. The molecule has 2 heterocycles. The number of nitrogens with zero attached hydrogens (tertiary/aromatic N) is 3. The topological polar surface area (TPSA) is 146 Å². The van der Waals surface area contributed by atoms with Crippen molar-refractivity contribution < 1.29 is 31.6 Å². The predicted molar refractivity (Wildman–Crippen MR) is 173 cm³/mol. The van der Waals surface area contributed by atoms with Crippen molar-refractivity contribution >= 4 is 38.9 Å². The van der Waals surface area contributed by atoms with Gasteiger partial charge in [-0.3, -0.25) is 14.7 Å². The number of thiazole rings is 1. The number of hydroxylamine groups is 1. The Hall–Kier alpha value is -4.86. The molecular formula is C32H29F3N6O4S2. The number of carbonyl (C=O) groups excluding carboxylic acids is 1. The van der Waals surface area contributed by atoms with Gasteiger partial charge in [-0.05, 0) is 43.2 Å². The summed E-state index contributed by atoms with van der Waals surface area (Å²) in [6, 6.07) is 17.5. The summed E-state index contributed by atoms with van der Waals surface area (Å²) in [4.78, 5) is 24.0. The Labute approximate surface area is 272 Å². The van der Waals surface area contributed by atoms with Crippen molar-refractivity contribution in [2.24, 2.45) is 0 Å². The van der Waals surface area contributed by atoms with Crippen LogP contribution in [-0.4, -0.2) is 41.0 Å². The zero-order chi connectivity index (χ0) is 33.4. The van der Waals surface area contributed by atoms with Gasteiger partial charge in [0.15, 0.2) is 10.7 Å². The number of nitrogens with one attached hydrogen (secondary N) is 3. The monoisotopic (exact) mass is 682 g/mol. The van der Waals surface area contributed by atoms with Crippen LogP contribution in [0, 0.1) is 17.5 Å². The molecule has 0 aliphatic heterocycles. The van der Waals surface area contributed by atoms with Crippen LogP contribution < -0.4 is 15.5 Å². The van der Waals surface area contributed by atoms with Crippen LogP contribution in [0.25, 0.3) is 32.4 Å². The Morgan fingerprint density at radius 1 is 0.851 bits per heavy atom. The van der Waals surface area contributed by atoms with Gasteiger partial charge in [0.1, 0.15) is 16.6 Å². The lowest BCUT2D eigenvalue weighted by atomic mass is 10.1. The van der Waals surface area contributed by atoms with Crippen LogP contribution in [0.3, 0.4) is 0 Å². The fourth-order valence-corrected chi connectivity index (χ4v) is 6.95. The molecule has 0 saturated carbocycles. The Morgan fingerprint density at radius 3 is 2.32 bits per heavy atom. The van der Waals surface area contributed by atoms with E-state index < -0.39 is 44.0 Å². The number of carbonyl (C=O) groups is 1. The minimum atomic E-state index is -4.84. The molecular weight excluding hydrogens is 654 g/mol. The predicted octanol–water partition coefficient (Wildman–Crippen LogP) is 7.02. The van der Waals surface area contributed by atoms with E-state index in [1.165, 1.54) is 23.5 Å². The summed E-state index contributed by atoms with van der Waals surface area (Å²) >= 11 is 1.26. The molecule has 2 aromatic heterocycles. The van der Waals surface area contributed by atoms with E-state index in [-0.39, 0.29) is 17.7 Å². The van der Waals surface area contributed by atoms with Gasteiger partial charge in [-0.2, -0.15) is 0 Å². The molecule has 3 aromatic carbocycles. The second-order valence-corrected chi connectivity index (χ2v) is 12.9. The minimum absolute atomic E-state index is 0.0596. The fourth-order valence-electron chi connectivity index (χ4n) is 4.70. The second kappa shape index (κ2) is 15.2. The average molecular weight is 683 g/mol. The number of unbranched alkanes of at least 4 members (excludes halogenated alkanes) is 3. The first-order chi connectivity index (χ1) is 22.7. The summed E-state index contributed by atoms with van der Waals surface area (Å²) in [5.74, 6) is -3.72. The molecule has 0 radical (unpaired) electrons. The van der Waals surface area contributed by atoms with Crippen LogP contribution in [0.15, 0.2) is 83.9 Å². The van der Waals surface area contributed by atoms with Crippen molar-refractivity contribution in [3.63, 3.8) is 0 Å². The van der Waals surface area contributed by atoms with Crippen molar-refractivity contribution in [3.05, 3.63) is 96.4 Å². The van der Waals surface area contributed by atoms with Gasteiger partial charge < -0.3 is 5.32 Å². The highest BCUT2D eigenvalue weighted by Crippen LogP contribution is 2.42. The highest BCUT2D eigenvalue weighted by Gasteiger charge is 2.27. The summed E-state index contributed by atoms with van der Waals surface area (Å²) in [5, 5.41) is 12.3. The van der Waals surface area contributed by atoms with Crippen LogP contribution in [0.2, 0.25) is 0 Å². The van der Waals surface area contributed by atoms with Crippen LogP contribution >= 0.6 is 11.3 Å². The smallest absolute Gasteiger partial charge is 0.267 e. The van der Waals surface area contributed by atoms with E-state index in [4.69, 9.17) is 10.2 Å². The van der Waals surface area contributed by atoms with E-state index >= 15 is 4.39 Å².